The van der Waals surface area contributed by atoms with E-state index >= 15 is 0 Å². The van der Waals surface area contributed by atoms with E-state index in [0.717, 1.165) is 44.5 Å². The Hall–Kier alpha value is -1.42. The predicted molar refractivity (Wildman–Crippen MR) is 73.0 cm³/mol. The van der Waals surface area contributed by atoms with Crippen molar-refractivity contribution in [3.05, 3.63) is 24.0 Å². The third kappa shape index (κ3) is 2.25. The maximum Gasteiger partial charge on any atom is 0.232 e. The molecule has 1 amide bonds. The summed E-state index contributed by atoms with van der Waals surface area (Å²) in [6.45, 7) is 3.67. The Morgan fingerprint density at radius 1 is 1.58 bits per heavy atom. The van der Waals surface area contributed by atoms with Crippen LogP contribution in [0.3, 0.4) is 0 Å². The molecule has 0 radical (unpaired) electrons. The molecule has 0 aromatic carbocycles. The summed E-state index contributed by atoms with van der Waals surface area (Å²) in [5.74, 6) is 0.259. The van der Waals surface area contributed by atoms with Gasteiger partial charge in [0.25, 0.3) is 0 Å². The zero-order chi connectivity index (χ0) is 13.2. The smallest absolute Gasteiger partial charge is 0.232 e. The van der Waals surface area contributed by atoms with Crippen LogP contribution in [-0.2, 0) is 16.0 Å². The normalized spacial score (nSPS) is 26.3. The highest BCUT2D eigenvalue weighted by Crippen LogP contribution is 2.32. The Morgan fingerprint density at radius 3 is 3.32 bits per heavy atom. The minimum atomic E-state index is 0.0258. The van der Waals surface area contributed by atoms with Gasteiger partial charge in [0.2, 0.25) is 5.91 Å². The van der Waals surface area contributed by atoms with E-state index in [4.69, 9.17) is 4.74 Å². The Morgan fingerprint density at radius 2 is 2.47 bits per heavy atom. The van der Waals surface area contributed by atoms with Crippen LogP contribution >= 0.6 is 0 Å². The van der Waals surface area contributed by atoms with Crippen molar-refractivity contribution in [3.63, 3.8) is 0 Å². The number of amides is 1. The predicted octanol–water partition coefficient (Wildman–Crippen LogP) is 2.18. The molecule has 1 saturated heterocycles. The molecule has 1 aromatic rings. The lowest BCUT2D eigenvalue weighted by atomic mass is 9.91. The number of aromatic nitrogens is 1. The van der Waals surface area contributed by atoms with E-state index in [1.807, 2.05) is 17.2 Å². The van der Waals surface area contributed by atoms with Crippen molar-refractivity contribution in [2.75, 3.05) is 18.1 Å². The number of anilines is 1. The van der Waals surface area contributed by atoms with E-state index in [9.17, 15) is 4.79 Å². The molecule has 4 heteroatoms. The number of ether oxygens (including phenoxy) is 1. The van der Waals surface area contributed by atoms with Crippen LogP contribution in [-0.4, -0.2) is 30.1 Å². The fraction of sp³-hybridized carbons (Fsp3) is 0.600. The van der Waals surface area contributed by atoms with Crippen LogP contribution in [0.5, 0.6) is 0 Å². The number of hydrogen-bond acceptors (Lipinski definition) is 3. The molecule has 3 rings (SSSR count). The summed E-state index contributed by atoms with van der Waals surface area (Å²) >= 11 is 0. The van der Waals surface area contributed by atoms with Gasteiger partial charge in [-0.05, 0) is 37.3 Å². The van der Waals surface area contributed by atoms with Gasteiger partial charge < -0.3 is 9.64 Å². The first-order valence-corrected chi connectivity index (χ1v) is 7.17. The molecule has 0 saturated carbocycles. The van der Waals surface area contributed by atoms with Crippen molar-refractivity contribution < 1.29 is 9.53 Å². The van der Waals surface area contributed by atoms with Crippen molar-refractivity contribution in [1.29, 1.82) is 0 Å². The Bertz CT molecular complexity index is 475. The van der Waals surface area contributed by atoms with Crippen molar-refractivity contribution in [2.24, 2.45) is 5.92 Å². The quantitative estimate of drug-likeness (QED) is 0.818. The molecule has 0 spiro atoms. The third-order valence-corrected chi connectivity index (χ3v) is 4.20. The zero-order valence-electron chi connectivity index (χ0n) is 11.3. The number of rotatable bonds is 2. The number of carbonyl (C=O) groups excluding carboxylic acids is 1. The second-order valence-corrected chi connectivity index (χ2v) is 5.31. The molecule has 2 aliphatic heterocycles. The van der Waals surface area contributed by atoms with Crippen LogP contribution in [0, 0.1) is 5.92 Å². The summed E-state index contributed by atoms with van der Waals surface area (Å²) in [6, 6.07) is 1.95. The summed E-state index contributed by atoms with van der Waals surface area (Å²) in [6.07, 6.45) is 7.49. The molecule has 0 N–H and O–H groups in total. The molecule has 4 nitrogen and oxygen atoms in total. The first-order chi connectivity index (χ1) is 9.31. The minimum absolute atomic E-state index is 0.0258. The van der Waals surface area contributed by atoms with Crippen LogP contribution in [0.2, 0.25) is 0 Å². The number of hydrogen-bond donors (Lipinski definition) is 0. The van der Waals surface area contributed by atoms with E-state index in [-0.39, 0.29) is 17.9 Å². The average molecular weight is 260 g/mol. The lowest BCUT2D eigenvalue weighted by molar-refractivity contribution is -0.131. The number of nitrogens with zero attached hydrogens (tertiary/aromatic N) is 2. The third-order valence-electron chi connectivity index (χ3n) is 4.20. The molecular formula is C15H20N2O2. The van der Waals surface area contributed by atoms with Crippen molar-refractivity contribution in [1.82, 2.24) is 4.98 Å². The molecule has 0 aliphatic carbocycles. The molecule has 2 atom stereocenters. The maximum absolute atomic E-state index is 12.8. The number of pyridine rings is 1. The standard InChI is InChI=1S/C15H20N2O2/c1-2-14-12(4-3-9-19-14)15(18)17-8-6-11-10-16-7-5-13(11)17/h5,7,10,12,14H,2-4,6,8-9H2,1H3. The second kappa shape index (κ2) is 5.29. The SMILES string of the molecule is CCC1OCCCC1C(=O)N1CCc2cnccc21. The molecule has 0 bridgehead atoms. The largest absolute Gasteiger partial charge is 0.377 e. The number of fused-ring (bicyclic) bond motifs is 1. The van der Waals surface area contributed by atoms with Gasteiger partial charge in [-0.1, -0.05) is 6.92 Å². The van der Waals surface area contributed by atoms with Crippen LogP contribution < -0.4 is 4.90 Å². The van der Waals surface area contributed by atoms with Crippen molar-refractivity contribution >= 4 is 11.6 Å². The molecular weight excluding hydrogens is 240 g/mol. The van der Waals surface area contributed by atoms with E-state index < -0.39 is 0 Å². The highest BCUT2D eigenvalue weighted by Gasteiger charge is 2.36. The lowest BCUT2D eigenvalue weighted by Gasteiger charge is -2.33. The van der Waals surface area contributed by atoms with E-state index in [1.54, 1.807) is 6.20 Å². The Labute approximate surface area is 113 Å². The van der Waals surface area contributed by atoms with Crippen LogP contribution in [0.4, 0.5) is 5.69 Å². The molecule has 19 heavy (non-hydrogen) atoms. The van der Waals surface area contributed by atoms with Gasteiger partial charge in [-0.15, -0.1) is 0 Å². The van der Waals surface area contributed by atoms with Crippen LogP contribution in [0.15, 0.2) is 18.5 Å². The lowest BCUT2D eigenvalue weighted by Crippen LogP contribution is -2.43. The summed E-state index contributed by atoms with van der Waals surface area (Å²) in [4.78, 5) is 18.8. The molecule has 3 heterocycles. The Balaban J connectivity index is 1.81. The number of carbonyl (C=O) groups is 1. The van der Waals surface area contributed by atoms with Gasteiger partial charge in [-0.3, -0.25) is 9.78 Å². The highest BCUT2D eigenvalue weighted by molar-refractivity contribution is 5.97. The topological polar surface area (TPSA) is 42.4 Å². The molecule has 2 unspecified atom stereocenters. The molecule has 1 aromatic heterocycles. The summed E-state index contributed by atoms with van der Waals surface area (Å²) in [5.41, 5.74) is 2.22. The van der Waals surface area contributed by atoms with Gasteiger partial charge >= 0.3 is 0 Å². The van der Waals surface area contributed by atoms with Gasteiger partial charge in [0.1, 0.15) is 0 Å². The zero-order valence-corrected chi connectivity index (χ0v) is 11.3. The summed E-state index contributed by atoms with van der Waals surface area (Å²) in [5, 5.41) is 0. The molecule has 1 fully saturated rings. The Kier molecular flexibility index (Phi) is 3.51. The molecule has 2 aliphatic rings. The van der Waals surface area contributed by atoms with E-state index in [0.29, 0.717) is 0 Å². The molecule has 102 valence electrons. The van der Waals surface area contributed by atoms with Crippen LogP contribution in [0.1, 0.15) is 31.7 Å². The van der Waals surface area contributed by atoms with Crippen molar-refractivity contribution in [3.8, 4) is 0 Å². The highest BCUT2D eigenvalue weighted by atomic mass is 16.5. The fourth-order valence-electron chi connectivity index (χ4n) is 3.18. The van der Waals surface area contributed by atoms with Gasteiger partial charge in [0.15, 0.2) is 0 Å². The monoisotopic (exact) mass is 260 g/mol. The second-order valence-electron chi connectivity index (χ2n) is 5.31. The van der Waals surface area contributed by atoms with Crippen molar-refractivity contribution in [2.45, 2.75) is 38.7 Å². The fourth-order valence-corrected chi connectivity index (χ4v) is 3.18. The summed E-state index contributed by atoms with van der Waals surface area (Å²) < 4.78 is 5.75. The van der Waals surface area contributed by atoms with Gasteiger partial charge in [-0.25, -0.2) is 0 Å². The van der Waals surface area contributed by atoms with E-state index in [2.05, 4.69) is 11.9 Å². The first-order valence-electron chi connectivity index (χ1n) is 7.17. The van der Waals surface area contributed by atoms with Crippen LogP contribution in [0.25, 0.3) is 0 Å². The average Bonchev–Trinajstić information content (AvgIpc) is 2.90. The van der Waals surface area contributed by atoms with E-state index in [1.165, 1.54) is 5.56 Å². The first kappa shape index (κ1) is 12.6. The van der Waals surface area contributed by atoms with Gasteiger partial charge in [-0.2, -0.15) is 0 Å². The van der Waals surface area contributed by atoms with Gasteiger partial charge in [0, 0.05) is 31.2 Å². The summed E-state index contributed by atoms with van der Waals surface area (Å²) in [7, 11) is 0. The van der Waals surface area contributed by atoms with Gasteiger partial charge in [0.05, 0.1) is 12.0 Å². The minimum Gasteiger partial charge on any atom is -0.377 e. The maximum atomic E-state index is 12.8.